The van der Waals surface area contributed by atoms with Gasteiger partial charge in [0.2, 0.25) is 0 Å². The number of anilines is 6. The van der Waals surface area contributed by atoms with Gasteiger partial charge in [0, 0.05) is 33.5 Å². The summed E-state index contributed by atoms with van der Waals surface area (Å²) in [6.07, 6.45) is 13.4. The van der Waals surface area contributed by atoms with E-state index in [1.54, 1.807) is 0 Å². The molecular weight excluding hydrogens is 693 g/mol. The third-order valence-corrected chi connectivity index (χ3v) is 14.8. The molecule has 0 spiro atoms. The normalized spacial score (nSPS) is 15.6. The molecule has 56 heavy (non-hydrogen) atoms. The third kappa shape index (κ3) is 7.42. The van der Waals surface area contributed by atoms with Gasteiger partial charge in [-0.15, -0.1) is 0 Å². The maximum atomic E-state index is 2.51. The van der Waals surface area contributed by atoms with E-state index in [4.69, 9.17) is 0 Å². The minimum absolute atomic E-state index is 0.685. The Morgan fingerprint density at radius 1 is 0.393 bits per heavy atom. The minimum Gasteiger partial charge on any atom is -0.310 e. The summed E-state index contributed by atoms with van der Waals surface area (Å²) in [5.74, 6) is 1.37. The zero-order valence-electron chi connectivity index (χ0n) is 33.6. The van der Waals surface area contributed by atoms with Crippen LogP contribution in [0, 0.1) is 0 Å². The second-order valence-electron chi connectivity index (χ2n) is 17.5. The maximum absolute atomic E-state index is 2.51. The molecule has 0 unspecified atom stereocenters. The molecule has 0 atom stereocenters. The molecule has 282 valence electrons. The summed E-state index contributed by atoms with van der Waals surface area (Å²) in [6.45, 7) is 7.43. The summed E-state index contributed by atoms with van der Waals surface area (Å²) in [6, 6.07) is 57.8. The van der Waals surface area contributed by atoms with Crippen molar-refractivity contribution in [3.63, 3.8) is 0 Å². The smallest absolute Gasteiger partial charge is 0.0777 e. The lowest BCUT2D eigenvalue weighted by atomic mass is 9.84. The quantitative estimate of drug-likeness (QED) is 0.107. The van der Waals surface area contributed by atoms with Crippen molar-refractivity contribution in [3.8, 4) is 0 Å². The van der Waals surface area contributed by atoms with E-state index in [9.17, 15) is 0 Å². The van der Waals surface area contributed by atoms with Crippen LogP contribution in [0.3, 0.4) is 0 Å². The van der Waals surface area contributed by atoms with Crippen LogP contribution in [0.25, 0.3) is 21.5 Å². The molecule has 0 amide bonds. The summed E-state index contributed by atoms with van der Waals surface area (Å²) in [5.41, 5.74) is 10.2. The van der Waals surface area contributed by atoms with E-state index in [0.717, 1.165) is 0 Å². The molecule has 0 radical (unpaired) electrons. The van der Waals surface area contributed by atoms with Gasteiger partial charge in [-0.1, -0.05) is 142 Å². The molecule has 9 rings (SSSR count). The summed E-state index contributed by atoms with van der Waals surface area (Å²) in [7, 11) is -1.73. The van der Waals surface area contributed by atoms with Crippen LogP contribution in [0.4, 0.5) is 34.1 Å². The Labute approximate surface area is 335 Å². The maximum Gasteiger partial charge on any atom is 0.0777 e. The first-order valence-corrected chi connectivity index (χ1v) is 24.8. The van der Waals surface area contributed by atoms with Crippen molar-refractivity contribution in [2.45, 2.75) is 95.7 Å². The molecule has 0 N–H and O–H groups in total. The highest BCUT2D eigenvalue weighted by atomic mass is 28.3. The lowest BCUT2D eigenvalue weighted by Crippen LogP contribution is -2.37. The summed E-state index contributed by atoms with van der Waals surface area (Å²) < 4.78 is 0. The Hall–Kier alpha value is -5.12. The summed E-state index contributed by atoms with van der Waals surface area (Å²) in [4.78, 5) is 4.97. The standard InChI is InChI=1S/C53H56N2Si/c1-56(2,3)49-35-44-37-50-43(21-16-26-52(50)54(45-22-12-6-13-23-45)47-31-27-41(28-32-47)39-17-8-4-9-18-39)36-51(44)53(38-49)55(46-24-14-7-15-25-46)48-33-29-42(30-34-48)40-19-10-5-11-20-40/h6-7,12-16,21-40H,4-5,8-11,17-20H2,1-3H3. The Morgan fingerprint density at radius 3 is 1.34 bits per heavy atom. The predicted molar refractivity (Wildman–Crippen MR) is 245 cm³/mol. The average Bonchev–Trinajstić information content (AvgIpc) is 3.25. The van der Waals surface area contributed by atoms with Gasteiger partial charge in [0.15, 0.2) is 0 Å². The molecule has 2 fully saturated rings. The molecule has 2 aliphatic carbocycles. The van der Waals surface area contributed by atoms with E-state index in [1.807, 2.05) is 0 Å². The number of hydrogen-bond donors (Lipinski definition) is 0. The first-order valence-electron chi connectivity index (χ1n) is 21.3. The topological polar surface area (TPSA) is 6.48 Å². The Kier molecular flexibility index (Phi) is 10.3. The van der Waals surface area contributed by atoms with Crippen molar-refractivity contribution in [1.29, 1.82) is 0 Å². The van der Waals surface area contributed by atoms with Gasteiger partial charge in [-0.2, -0.15) is 0 Å². The minimum atomic E-state index is -1.73. The van der Waals surface area contributed by atoms with E-state index in [2.05, 4.69) is 181 Å². The van der Waals surface area contributed by atoms with Crippen LogP contribution in [0.1, 0.15) is 87.2 Å². The number of hydrogen-bond acceptors (Lipinski definition) is 2. The van der Waals surface area contributed by atoms with Crippen LogP contribution in [0.15, 0.2) is 152 Å². The highest BCUT2D eigenvalue weighted by Crippen LogP contribution is 2.45. The molecule has 2 aliphatic rings. The van der Waals surface area contributed by atoms with Crippen molar-refractivity contribution >= 4 is 68.9 Å². The highest BCUT2D eigenvalue weighted by Gasteiger charge is 2.25. The molecule has 0 heterocycles. The van der Waals surface area contributed by atoms with Gasteiger partial charge in [-0.3, -0.25) is 0 Å². The number of para-hydroxylation sites is 2. The Balaban J connectivity index is 1.21. The Morgan fingerprint density at radius 2 is 0.839 bits per heavy atom. The molecule has 0 aromatic heterocycles. The average molecular weight is 749 g/mol. The van der Waals surface area contributed by atoms with Crippen LogP contribution < -0.4 is 15.0 Å². The fourth-order valence-corrected chi connectivity index (χ4v) is 10.7. The number of nitrogens with zero attached hydrogens (tertiary/aromatic N) is 2. The van der Waals surface area contributed by atoms with Crippen molar-refractivity contribution in [3.05, 3.63) is 163 Å². The first-order chi connectivity index (χ1) is 27.4. The number of benzene rings is 7. The molecule has 7 aromatic rings. The van der Waals surface area contributed by atoms with E-state index in [-0.39, 0.29) is 0 Å². The molecule has 3 heteroatoms. The van der Waals surface area contributed by atoms with E-state index >= 15 is 0 Å². The van der Waals surface area contributed by atoms with Crippen LogP contribution in [0.2, 0.25) is 19.6 Å². The number of rotatable bonds is 9. The van der Waals surface area contributed by atoms with Gasteiger partial charge in [-0.25, -0.2) is 0 Å². The first kappa shape index (κ1) is 36.5. The third-order valence-electron chi connectivity index (χ3n) is 12.7. The molecular formula is C53H56N2Si. The van der Waals surface area contributed by atoms with E-state index in [1.165, 1.54) is 136 Å². The predicted octanol–water partition coefficient (Wildman–Crippen LogP) is 15.6. The van der Waals surface area contributed by atoms with Gasteiger partial charge in [0.1, 0.15) is 0 Å². The zero-order valence-corrected chi connectivity index (χ0v) is 34.6. The molecule has 2 nitrogen and oxygen atoms in total. The largest absolute Gasteiger partial charge is 0.310 e. The van der Waals surface area contributed by atoms with Gasteiger partial charge >= 0.3 is 0 Å². The molecule has 7 aromatic carbocycles. The van der Waals surface area contributed by atoms with E-state index in [0.29, 0.717) is 11.8 Å². The van der Waals surface area contributed by atoms with Crippen molar-refractivity contribution in [1.82, 2.24) is 0 Å². The van der Waals surface area contributed by atoms with Crippen LogP contribution in [-0.2, 0) is 0 Å². The monoisotopic (exact) mass is 748 g/mol. The molecule has 2 saturated carbocycles. The van der Waals surface area contributed by atoms with Gasteiger partial charge in [0.25, 0.3) is 0 Å². The fraction of sp³-hybridized carbons (Fsp3) is 0.283. The Bertz CT molecular complexity index is 2400. The van der Waals surface area contributed by atoms with Crippen LogP contribution in [-0.4, -0.2) is 8.07 Å². The molecule has 0 saturated heterocycles. The molecule has 0 aliphatic heterocycles. The van der Waals surface area contributed by atoms with Crippen LogP contribution in [0.5, 0.6) is 0 Å². The van der Waals surface area contributed by atoms with Gasteiger partial charge in [0.05, 0.1) is 19.4 Å². The number of fused-ring (bicyclic) bond motifs is 2. The second kappa shape index (κ2) is 15.8. The van der Waals surface area contributed by atoms with Gasteiger partial charge in [-0.05, 0) is 132 Å². The molecule has 0 bridgehead atoms. The van der Waals surface area contributed by atoms with Crippen LogP contribution >= 0.6 is 0 Å². The lowest BCUT2D eigenvalue weighted by molar-refractivity contribution is 0.443. The lowest BCUT2D eigenvalue weighted by Gasteiger charge is -2.30. The summed E-state index contributed by atoms with van der Waals surface area (Å²) in [5, 5.41) is 6.55. The van der Waals surface area contributed by atoms with Crippen molar-refractivity contribution in [2.75, 3.05) is 9.80 Å². The van der Waals surface area contributed by atoms with Crippen molar-refractivity contribution in [2.24, 2.45) is 0 Å². The highest BCUT2D eigenvalue weighted by molar-refractivity contribution is 6.89. The fourth-order valence-electron chi connectivity index (χ4n) is 9.59. The SMILES string of the molecule is C[Si](C)(C)c1cc(N(c2ccccc2)c2ccc(C3CCCCC3)cc2)c2cc3cccc(N(c4ccccc4)c4ccc(C5CCCCC5)cc4)c3cc2c1. The van der Waals surface area contributed by atoms with E-state index < -0.39 is 8.07 Å². The van der Waals surface area contributed by atoms with Gasteiger partial charge < -0.3 is 9.80 Å². The summed E-state index contributed by atoms with van der Waals surface area (Å²) >= 11 is 0. The van der Waals surface area contributed by atoms with Crippen molar-refractivity contribution < 1.29 is 0 Å². The zero-order chi connectivity index (χ0) is 38.1. The second-order valence-corrected chi connectivity index (χ2v) is 22.6.